The molecule has 1 aliphatic heterocycles. The van der Waals surface area contributed by atoms with Gasteiger partial charge in [0, 0.05) is 24.8 Å². The summed E-state index contributed by atoms with van der Waals surface area (Å²) in [5, 5.41) is 6.99. The van der Waals surface area contributed by atoms with Gasteiger partial charge in [-0.05, 0) is 56.2 Å². The van der Waals surface area contributed by atoms with Crippen LogP contribution >= 0.6 is 11.3 Å². The van der Waals surface area contributed by atoms with Crippen molar-refractivity contribution in [2.75, 3.05) is 18.4 Å². The smallest absolute Gasteiger partial charge is 0.313 e. The third kappa shape index (κ3) is 5.27. The average molecular weight is 450 g/mol. The maximum absolute atomic E-state index is 12.9. The monoisotopic (exact) mass is 449 g/mol. The van der Waals surface area contributed by atoms with Gasteiger partial charge >= 0.3 is 11.8 Å². The van der Waals surface area contributed by atoms with Gasteiger partial charge in [0.2, 0.25) is 0 Å². The van der Waals surface area contributed by atoms with E-state index in [0.717, 1.165) is 30.4 Å². The molecule has 1 aromatic carbocycles. The van der Waals surface area contributed by atoms with Crippen LogP contribution in [0.15, 0.2) is 39.9 Å². The lowest BCUT2D eigenvalue weighted by Gasteiger charge is -2.34. The largest absolute Gasteiger partial charge is 0.348 e. The Kier molecular flexibility index (Phi) is 7.27. The van der Waals surface area contributed by atoms with E-state index in [1.165, 1.54) is 11.3 Å². The van der Waals surface area contributed by atoms with Crippen molar-refractivity contribution in [2.24, 2.45) is 0 Å². The Hall–Kier alpha value is -2.23. The van der Waals surface area contributed by atoms with Crippen molar-refractivity contribution < 1.29 is 18.0 Å². The molecule has 162 valence electrons. The van der Waals surface area contributed by atoms with Crippen molar-refractivity contribution in [2.45, 2.75) is 49.8 Å². The number of sulfonamides is 1. The summed E-state index contributed by atoms with van der Waals surface area (Å²) in [7, 11) is -3.52. The number of nitrogens with zero attached hydrogens (tertiary/aromatic N) is 1. The number of nitrogens with one attached hydrogen (secondary N) is 2. The molecule has 0 aliphatic carbocycles. The van der Waals surface area contributed by atoms with Crippen molar-refractivity contribution in [3.8, 4) is 0 Å². The van der Waals surface area contributed by atoms with Crippen LogP contribution in [0, 0.1) is 13.8 Å². The lowest BCUT2D eigenvalue weighted by Crippen LogP contribution is -2.45. The number of rotatable bonds is 6. The summed E-state index contributed by atoms with van der Waals surface area (Å²) in [5.41, 5.74) is 2.55. The van der Waals surface area contributed by atoms with Crippen molar-refractivity contribution in [3.63, 3.8) is 0 Å². The normalized spacial score (nSPS) is 17.5. The minimum Gasteiger partial charge on any atom is -0.348 e. The minimum absolute atomic E-state index is 0.187. The molecule has 0 saturated carbocycles. The van der Waals surface area contributed by atoms with E-state index in [0.29, 0.717) is 22.9 Å². The van der Waals surface area contributed by atoms with E-state index in [4.69, 9.17) is 0 Å². The third-order valence-electron chi connectivity index (χ3n) is 5.23. The number of piperidine rings is 1. The van der Waals surface area contributed by atoms with Crippen LogP contribution in [0.2, 0.25) is 0 Å². The first-order chi connectivity index (χ1) is 14.3. The Morgan fingerprint density at radius 3 is 2.67 bits per heavy atom. The van der Waals surface area contributed by atoms with E-state index in [9.17, 15) is 18.0 Å². The molecule has 7 nitrogen and oxygen atoms in total. The summed E-state index contributed by atoms with van der Waals surface area (Å²) in [4.78, 5) is 24.4. The van der Waals surface area contributed by atoms with Crippen LogP contribution in [-0.4, -0.2) is 43.7 Å². The topological polar surface area (TPSA) is 95.6 Å². The molecule has 2 heterocycles. The summed E-state index contributed by atoms with van der Waals surface area (Å²) >= 11 is 1.21. The highest BCUT2D eigenvalue weighted by molar-refractivity contribution is 7.91. The molecule has 2 amide bonds. The van der Waals surface area contributed by atoms with E-state index in [1.54, 1.807) is 27.9 Å². The van der Waals surface area contributed by atoms with Gasteiger partial charge in [-0.1, -0.05) is 30.2 Å². The van der Waals surface area contributed by atoms with Gasteiger partial charge < -0.3 is 10.6 Å². The molecule has 0 bridgehead atoms. The van der Waals surface area contributed by atoms with Gasteiger partial charge in [-0.3, -0.25) is 9.59 Å². The van der Waals surface area contributed by atoms with Crippen LogP contribution in [0.5, 0.6) is 0 Å². The van der Waals surface area contributed by atoms with Crippen LogP contribution in [0.1, 0.15) is 36.8 Å². The maximum Gasteiger partial charge on any atom is 0.313 e. The number of carbonyl (C=O) groups excluding carboxylic acids is 2. The zero-order valence-corrected chi connectivity index (χ0v) is 18.8. The second-order valence-electron chi connectivity index (χ2n) is 7.51. The molecule has 2 aromatic rings. The zero-order chi connectivity index (χ0) is 21.7. The Morgan fingerprint density at radius 2 is 1.97 bits per heavy atom. The van der Waals surface area contributed by atoms with Crippen molar-refractivity contribution in [1.82, 2.24) is 9.62 Å². The average Bonchev–Trinajstić information content (AvgIpc) is 3.26. The number of aryl methyl sites for hydroxylation is 2. The third-order valence-corrected chi connectivity index (χ3v) is 8.56. The first kappa shape index (κ1) is 22.5. The maximum atomic E-state index is 12.9. The van der Waals surface area contributed by atoms with E-state index in [2.05, 4.69) is 10.6 Å². The predicted molar refractivity (Wildman–Crippen MR) is 118 cm³/mol. The van der Waals surface area contributed by atoms with E-state index >= 15 is 0 Å². The molecule has 30 heavy (non-hydrogen) atoms. The van der Waals surface area contributed by atoms with Gasteiger partial charge in [0.25, 0.3) is 10.0 Å². The Bertz CT molecular complexity index is 1000. The number of hydrogen-bond acceptors (Lipinski definition) is 5. The number of carbonyl (C=O) groups is 2. The Morgan fingerprint density at radius 1 is 1.17 bits per heavy atom. The fraction of sp³-hybridized carbons (Fsp3) is 0.429. The van der Waals surface area contributed by atoms with Gasteiger partial charge in [-0.15, -0.1) is 11.3 Å². The van der Waals surface area contributed by atoms with Crippen molar-refractivity contribution in [1.29, 1.82) is 0 Å². The lowest BCUT2D eigenvalue weighted by molar-refractivity contribution is -0.136. The Labute approximate surface area is 181 Å². The number of hydrogen-bond donors (Lipinski definition) is 2. The van der Waals surface area contributed by atoms with Crippen molar-refractivity contribution >= 4 is 38.9 Å². The van der Waals surface area contributed by atoms with Gasteiger partial charge in [0.1, 0.15) is 4.21 Å². The summed E-state index contributed by atoms with van der Waals surface area (Å²) in [6.45, 7) is 4.54. The SMILES string of the molecule is Cc1ccc(NC(=O)C(=O)NCC[C@H]2CCCCN2S(=O)(=O)c2cccs2)c(C)c1. The highest BCUT2D eigenvalue weighted by atomic mass is 32.2. The lowest BCUT2D eigenvalue weighted by atomic mass is 10.0. The molecule has 1 aliphatic rings. The minimum atomic E-state index is -3.52. The van der Waals surface area contributed by atoms with E-state index < -0.39 is 21.8 Å². The van der Waals surface area contributed by atoms with Gasteiger partial charge in [-0.25, -0.2) is 8.42 Å². The van der Waals surface area contributed by atoms with Crippen LogP contribution < -0.4 is 10.6 Å². The first-order valence-electron chi connectivity index (χ1n) is 10.0. The number of thiophene rings is 1. The summed E-state index contributed by atoms with van der Waals surface area (Å²) in [6.07, 6.45) is 2.98. The fourth-order valence-electron chi connectivity index (χ4n) is 3.67. The number of anilines is 1. The van der Waals surface area contributed by atoms with E-state index in [-0.39, 0.29) is 12.6 Å². The predicted octanol–water partition coefficient (Wildman–Crippen LogP) is 3.05. The highest BCUT2D eigenvalue weighted by Crippen LogP contribution is 2.29. The molecule has 3 rings (SSSR count). The van der Waals surface area contributed by atoms with Crippen molar-refractivity contribution in [3.05, 3.63) is 46.8 Å². The molecule has 0 radical (unpaired) electrons. The summed E-state index contributed by atoms with van der Waals surface area (Å²) in [6, 6.07) is 8.72. The highest BCUT2D eigenvalue weighted by Gasteiger charge is 2.33. The summed E-state index contributed by atoms with van der Waals surface area (Å²) < 4.78 is 27.7. The molecular formula is C21H27N3O4S2. The summed E-state index contributed by atoms with van der Waals surface area (Å²) in [5.74, 6) is -1.45. The quantitative estimate of drug-likeness (QED) is 0.663. The standard InChI is InChI=1S/C21H27N3O4S2/c1-15-8-9-18(16(2)14-15)23-21(26)20(25)22-11-10-17-6-3-4-12-24(17)30(27,28)19-7-5-13-29-19/h5,7-9,13-14,17H,3-4,6,10-12H2,1-2H3,(H,22,25)(H,23,26)/t17-/m1/s1. The second-order valence-corrected chi connectivity index (χ2v) is 10.6. The van der Waals surface area contributed by atoms with Gasteiger partial charge in [-0.2, -0.15) is 4.31 Å². The zero-order valence-electron chi connectivity index (χ0n) is 17.2. The molecule has 1 fully saturated rings. The molecule has 1 aromatic heterocycles. The van der Waals surface area contributed by atoms with Gasteiger partial charge in [0.15, 0.2) is 0 Å². The molecule has 2 N–H and O–H groups in total. The van der Waals surface area contributed by atoms with Crippen LogP contribution in [0.4, 0.5) is 5.69 Å². The van der Waals surface area contributed by atoms with Crippen LogP contribution in [0.25, 0.3) is 0 Å². The molecule has 9 heteroatoms. The van der Waals surface area contributed by atoms with Crippen LogP contribution in [0.3, 0.4) is 0 Å². The molecule has 1 saturated heterocycles. The van der Waals surface area contributed by atoms with E-state index in [1.807, 2.05) is 26.0 Å². The molecule has 1 atom stereocenters. The number of benzene rings is 1. The molecule has 0 unspecified atom stereocenters. The Balaban J connectivity index is 1.55. The van der Waals surface area contributed by atoms with Gasteiger partial charge in [0.05, 0.1) is 0 Å². The first-order valence-corrected chi connectivity index (χ1v) is 12.3. The second kappa shape index (κ2) is 9.72. The fourth-order valence-corrected chi connectivity index (χ4v) is 6.51. The molecule has 0 spiro atoms. The number of amides is 2. The molecular weight excluding hydrogens is 422 g/mol. The van der Waals surface area contributed by atoms with Crippen LogP contribution in [-0.2, 0) is 19.6 Å².